The van der Waals surface area contributed by atoms with E-state index in [1.165, 1.54) is 4.68 Å². The second-order valence-corrected chi connectivity index (χ2v) is 6.60. The van der Waals surface area contributed by atoms with Gasteiger partial charge in [-0.05, 0) is 19.1 Å². The molecule has 1 unspecified atom stereocenters. The van der Waals surface area contributed by atoms with E-state index < -0.39 is 15.1 Å². The molecule has 7 heteroatoms. The third-order valence-electron chi connectivity index (χ3n) is 2.86. The Morgan fingerprint density at radius 3 is 2.63 bits per heavy atom. The summed E-state index contributed by atoms with van der Waals surface area (Å²) in [6, 6.07) is 9.32. The number of nitrogens with zero attached hydrogens (tertiary/aromatic N) is 3. The molecule has 1 atom stereocenters. The predicted octanol–water partition coefficient (Wildman–Crippen LogP) is 0.735. The highest BCUT2D eigenvalue weighted by Crippen LogP contribution is 2.20. The fourth-order valence-corrected chi connectivity index (χ4v) is 2.74. The van der Waals surface area contributed by atoms with Gasteiger partial charge in [0, 0.05) is 0 Å². The molecular formula is C12H15N3O3S. The molecule has 0 saturated heterocycles. The van der Waals surface area contributed by atoms with Gasteiger partial charge in [-0.3, -0.25) is 0 Å². The molecule has 0 spiro atoms. The number of hydrogen-bond acceptors (Lipinski definition) is 5. The van der Waals surface area contributed by atoms with Crippen LogP contribution in [0.15, 0.2) is 36.5 Å². The van der Waals surface area contributed by atoms with Crippen molar-refractivity contribution in [2.24, 2.45) is 0 Å². The minimum atomic E-state index is -3.40. The molecule has 1 aromatic heterocycles. The molecule has 1 N–H and O–H groups in total. The van der Waals surface area contributed by atoms with Crippen LogP contribution in [0.3, 0.4) is 0 Å². The number of sulfone groups is 1. The molecule has 0 bridgehead atoms. The maximum atomic E-state index is 11.8. The lowest BCUT2D eigenvalue weighted by Gasteiger charge is -2.08. The summed E-state index contributed by atoms with van der Waals surface area (Å²) in [6.45, 7) is 1.16. The summed E-state index contributed by atoms with van der Waals surface area (Å²) in [6.07, 6.45) is 1.59. The zero-order valence-corrected chi connectivity index (χ0v) is 11.3. The van der Waals surface area contributed by atoms with Gasteiger partial charge in [-0.15, -0.1) is 5.10 Å². The van der Waals surface area contributed by atoms with Gasteiger partial charge in [-0.2, -0.15) is 0 Å². The molecule has 0 aliphatic heterocycles. The average molecular weight is 281 g/mol. The van der Waals surface area contributed by atoms with Crippen molar-refractivity contribution in [1.29, 1.82) is 0 Å². The van der Waals surface area contributed by atoms with E-state index in [1.54, 1.807) is 13.1 Å². The molecule has 0 aliphatic carbocycles. The van der Waals surface area contributed by atoms with Gasteiger partial charge in [0.2, 0.25) is 0 Å². The van der Waals surface area contributed by atoms with Gasteiger partial charge in [0.25, 0.3) is 0 Å². The highest BCUT2D eigenvalue weighted by Gasteiger charge is 2.24. The molecule has 0 amide bonds. The summed E-state index contributed by atoms with van der Waals surface area (Å²) in [5, 5.41) is 15.8. The Morgan fingerprint density at radius 2 is 2.00 bits per heavy atom. The zero-order valence-electron chi connectivity index (χ0n) is 10.5. The fraction of sp³-hybridized carbons (Fsp3) is 0.333. The summed E-state index contributed by atoms with van der Waals surface area (Å²) >= 11 is 0. The number of aliphatic hydroxyl groups is 1. The first kappa shape index (κ1) is 13.7. The Balaban J connectivity index is 2.27. The van der Waals surface area contributed by atoms with Crippen LogP contribution >= 0.6 is 0 Å². The predicted molar refractivity (Wildman–Crippen MR) is 70.6 cm³/mol. The standard InChI is InChI=1S/C12H15N3O3S/c1-10(19(17,18)8-7-16)12-9-15(14-13-12)11-5-3-2-4-6-11/h2-6,9-10,16H,7-8H2,1H3. The smallest absolute Gasteiger partial charge is 0.160 e. The summed E-state index contributed by atoms with van der Waals surface area (Å²) in [4.78, 5) is 0. The van der Waals surface area contributed by atoms with Crippen LogP contribution in [0.25, 0.3) is 5.69 Å². The van der Waals surface area contributed by atoms with Crippen LogP contribution in [0.5, 0.6) is 0 Å². The minimum Gasteiger partial charge on any atom is -0.395 e. The number of hydrogen-bond donors (Lipinski definition) is 1. The number of benzene rings is 1. The van der Waals surface area contributed by atoms with Crippen LogP contribution in [0.1, 0.15) is 17.9 Å². The average Bonchev–Trinajstić information content (AvgIpc) is 2.88. The van der Waals surface area contributed by atoms with Crippen molar-refractivity contribution in [2.75, 3.05) is 12.4 Å². The highest BCUT2D eigenvalue weighted by molar-refractivity contribution is 7.91. The topological polar surface area (TPSA) is 85.1 Å². The second kappa shape index (κ2) is 5.50. The van der Waals surface area contributed by atoms with E-state index in [0.717, 1.165) is 5.69 Å². The first-order chi connectivity index (χ1) is 9.04. The van der Waals surface area contributed by atoms with Gasteiger partial charge in [0.1, 0.15) is 10.9 Å². The summed E-state index contributed by atoms with van der Waals surface area (Å²) < 4.78 is 25.2. The third-order valence-corrected chi connectivity index (χ3v) is 4.93. The fourth-order valence-electron chi connectivity index (χ4n) is 1.66. The van der Waals surface area contributed by atoms with E-state index in [1.807, 2.05) is 30.3 Å². The highest BCUT2D eigenvalue weighted by atomic mass is 32.2. The Labute approximate surface area is 111 Å². The van der Waals surface area contributed by atoms with Crippen LogP contribution in [0.4, 0.5) is 0 Å². The summed E-state index contributed by atoms with van der Waals surface area (Å²) in [5.74, 6) is -0.271. The van der Waals surface area contributed by atoms with Crippen molar-refractivity contribution in [3.63, 3.8) is 0 Å². The van der Waals surface area contributed by atoms with Crippen LogP contribution in [-0.4, -0.2) is 40.9 Å². The van der Waals surface area contributed by atoms with Gasteiger partial charge >= 0.3 is 0 Å². The molecule has 1 aromatic carbocycles. The maximum Gasteiger partial charge on any atom is 0.160 e. The Morgan fingerprint density at radius 1 is 1.32 bits per heavy atom. The van der Waals surface area contributed by atoms with Crippen molar-refractivity contribution < 1.29 is 13.5 Å². The number of para-hydroxylation sites is 1. The molecule has 0 radical (unpaired) electrons. The van der Waals surface area contributed by atoms with E-state index in [0.29, 0.717) is 5.69 Å². The van der Waals surface area contributed by atoms with Crippen molar-refractivity contribution in [1.82, 2.24) is 15.0 Å². The largest absolute Gasteiger partial charge is 0.395 e. The molecule has 102 valence electrons. The summed E-state index contributed by atoms with van der Waals surface area (Å²) in [7, 11) is -3.40. The van der Waals surface area contributed by atoms with Gasteiger partial charge < -0.3 is 5.11 Å². The second-order valence-electron chi connectivity index (χ2n) is 4.16. The van der Waals surface area contributed by atoms with E-state index in [4.69, 9.17) is 5.11 Å². The van der Waals surface area contributed by atoms with E-state index in [2.05, 4.69) is 10.3 Å². The lowest BCUT2D eigenvalue weighted by Crippen LogP contribution is -2.17. The number of aliphatic hydroxyl groups excluding tert-OH is 1. The van der Waals surface area contributed by atoms with Gasteiger partial charge in [-0.25, -0.2) is 13.1 Å². The molecule has 0 aliphatic rings. The van der Waals surface area contributed by atoms with Crippen LogP contribution in [0.2, 0.25) is 0 Å². The first-order valence-electron chi connectivity index (χ1n) is 5.84. The molecule has 2 rings (SSSR count). The lowest BCUT2D eigenvalue weighted by atomic mass is 10.3. The molecule has 19 heavy (non-hydrogen) atoms. The normalized spacial score (nSPS) is 13.4. The molecule has 1 heterocycles. The summed E-state index contributed by atoms with van der Waals surface area (Å²) in [5.41, 5.74) is 1.19. The van der Waals surface area contributed by atoms with Crippen LogP contribution in [0, 0.1) is 0 Å². The first-order valence-corrected chi connectivity index (χ1v) is 7.56. The monoisotopic (exact) mass is 281 g/mol. The van der Waals surface area contributed by atoms with E-state index in [-0.39, 0.29) is 12.4 Å². The molecular weight excluding hydrogens is 266 g/mol. The molecule has 2 aromatic rings. The third kappa shape index (κ3) is 2.99. The van der Waals surface area contributed by atoms with Gasteiger partial charge in [0.05, 0.1) is 24.2 Å². The van der Waals surface area contributed by atoms with Crippen molar-refractivity contribution in [3.8, 4) is 5.69 Å². The van der Waals surface area contributed by atoms with E-state index in [9.17, 15) is 8.42 Å². The van der Waals surface area contributed by atoms with Crippen molar-refractivity contribution >= 4 is 9.84 Å². The van der Waals surface area contributed by atoms with Crippen molar-refractivity contribution in [3.05, 3.63) is 42.2 Å². The van der Waals surface area contributed by atoms with Crippen LogP contribution < -0.4 is 0 Å². The molecule has 0 fully saturated rings. The Bertz CT molecular complexity index is 637. The number of aromatic nitrogens is 3. The molecule has 0 saturated carbocycles. The maximum absolute atomic E-state index is 11.8. The van der Waals surface area contributed by atoms with E-state index >= 15 is 0 Å². The minimum absolute atomic E-state index is 0.271. The lowest BCUT2D eigenvalue weighted by molar-refractivity contribution is 0.319. The molecule has 6 nitrogen and oxygen atoms in total. The SMILES string of the molecule is CC(c1cn(-c2ccccc2)nn1)S(=O)(=O)CCO. The van der Waals surface area contributed by atoms with Crippen molar-refractivity contribution in [2.45, 2.75) is 12.2 Å². The van der Waals surface area contributed by atoms with Crippen LogP contribution in [-0.2, 0) is 9.84 Å². The quantitative estimate of drug-likeness (QED) is 0.873. The zero-order chi connectivity index (χ0) is 13.9. The Kier molecular flexibility index (Phi) is 3.96. The number of rotatable bonds is 5. The van der Waals surface area contributed by atoms with Gasteiger partial charge in [0.15, 0.2) is 9.84 Å². The Hall–Kier alpha value is -1.73. The van der Waals surface area contributed by atoms with Gasteiger partial charge in [-0.1, -0.05) is 23.4 Å².